The van der Waals surface area contributed by atoms with Crippen LogP contribution < -0.4 is 9.47 Å². The molecule has 11 heavy (non-hydrogen) atoms. The summed E-state index contributed by atoms with van der Waals surface area (Å²) in [5, 5.41) is 2.91. The van der Waals surface area contributed by atoms with E-state index in [0.29, 0.717) is 11.5 Å². The molecule has 2 radical (unpaired) electrons. The molecular weight excluding hydrogens is 160 g/mol. The summed E-state index contributed by atoms with van der Waals surface area (Å²) in [6.45, 7) is 5.32. The number of hydrogen-bond donors (Lipinski definition) is 0. The molecule has 0 N–H and O–H groups in total. The predicted molar refractivity (Wildman–Crippen MR) is 45.0 cm³/mol. The molecule has 1 heterocycles. The van der Waals surface area contributed by atoms with E-state index in [4.69, 9.17) is 16.1 Å². The van der Waals surface area contributed by atoms with Crippen molar-refractivity contribution < 1.29 is 9.47 Å². The first-order chi connectivity index (χ1) is 5.33. The van der Waals surface area contributed by atoms with Gasteiger partial charge in [0.25, 0.3) is 0 Å². The Kier molecular flexibility index (Phi) is 2.54. The Morgan fingerprint density at radius 1 is 1.45 bits per heavy atom. The van der Waals surface area contributed by atoms with Crippen LogP contribution in [0.25, 0.3) is 6.08 Å². The molecule has 0 saturated carbocycles. The number of ether oxygens (including phenoxy) is 2. The lowest BCUT2D eigenvalue weighted by Crippen LogP contribution is -1.86. The maximum atomic E-state index is 5.32. The molecule has 0 aliphatic rings. The summed E-state index contributed by atoms with van der Waals surface area (Å²) >= 11 is 1.37. The van der Waals surface area contributed by atoms with Gasteiger partial charge in [0.2, 0.25) is 0 Å². The molecule has 0 aliphatic carbocycles. The van der Waals surface area contributed by atoms with Crippen LogP contribution in [0.1, 0.15) is 4.88 Å². The summed E-state index contributed by atoms with van der Waals surface area (Å²) in [7, 11) is 3.15. The molecule has 58 valence electrons. The summed E-state index contributed by atoms with van der Waals surface area (Å²) in [4.78, 5) is 0.837. The highest BCUT2D eigenvalue weighted by Gasteiger charge is 2.09. The highest BCUT2D eigenvalue weighted by molar-refractivity contribution is 7.11. The van der Waals surface area contributed by atoms with Gasteiger partial charge in [-0.2, -0.15) is 0 Å². The largest absolute Gasteiger partial charge is 0.491 e. The fourth-order valence-corrected chi connectivity index (χ4v) is 1.46. The number of thiophene rings is 1. The summed E-state index contributed by atoms with van der Waals surface area (Å²) in [5.74, 6) is 1.26. The van der Waals surface area contributed by atoms with Gasteiger partial charge in [-0.25, -0.2) is 0 Å². The van der Waals surface area contributed by atoms with Crippen LogP contribution in [-0.4, -0.2) is 14.2 Å². The van der Waals surface area contributed by atoms with Crippen molar-refractivity contribution in [1.82, 2.24) is 0 Å². The molecule has 0 atom stereocenters. The molecular formula is C8H8O2S. The minimum atomic E-state index is 0.606. The van der Waals surface area contributed by atoms with Crippen LogP contribution in [0.15, 0.2) is 0 Å². The van der Waals surface area contributed by atoms with Gasteiger partial charge >= 0.3 is 0 Å². The first-order valence-corrected chi connectivity index (χ1v) is 3.82. The molecule has 1 rings (SSSR count). The van der Waals surface area contributed by atoms with E-state index < -0.39 is 0 Å². The van der Waals surface area contributed by atoms with E-state index in [1.165, 1.54) is 17.4 Å². The summed E-state index contributed by atoms with van der Waals surface area (Å²) in [6, 6.07) is 0. The van der Waals surface area contributed by atoms with Gasteiger partial charge in [-0.15, -0.1) is 11.3 Å². The standard InChI is InChI=1S/C8H8O2S/c1-4-7-8(10-3)6(9-2)5-11-7/h1,4H,2-3H3. The zero-order chi connectivity index (χ0) is 8.27. The van der Waals surface area contributed by atoms with Crippen LogP contribution in [0.5, 0.6) is 11.5 Å². The first-order valence-electron chi connectivity index (χ1n) is 3.01. The van der Waals surface area contributed by atoms with Gasteiger partial charge in [0.15, 0.2) is 11.5 Å². The molecule has 1 aromatic rings. The highest BCUT2D eigenvalue weighted by atomic mass is 32.1. The summed E-state index contributed by atoms with van der Waals surface area (Å²) in [5.41, 5.74) is 0. The SMILES string of the molecule is [CH]=Cc1s[c]c(OC)c1OC. The molecule has 3 heteroatoms. The second-order valence-electron chi connectivity index (χ2n) is 1.80. The summed E-state index contributed by atoms with van der Waals surface area (Å²) < 4.78 is 10.0. The minimum absolute atomic E-state index is 0.606. The van der Waals surface area contributed by atoms with Crippen LogP contribution in [0.3, 0.4) is 0 Å². The Morgan fingerprint density at radius 2 is 2.18 bits per heavy atom. The fourth-order valence-electron chi connectivity index (χ4n) is 0.743. The van der Waals surface area contributed by atoms with Crippen LogP contribution in [0.2, 0.25) is 0 Å². The average Bonchev–Trinajstić information content (AvgIpc) is 2.45. The lowest BCUT2D eigenvalue weighted by molar-refractivity contribution is 0.357. The molecule has 0 unspecified atom stereocenters. The molecule has 0 aliphatic heterocycles. The fraction of sp³-hybridized carbons (Fsp3) is 0.250. The van der Waals surface area contributed by atoms with Crippen molar-refractivity contribution >= 4 is 17.4 Å². The molecule has 0 saturated heterocycles. The predicted octanol–water partition coefficient (Wildman–Crippen LogP) is 2.01. The quantitative estimate of drug-likeness (QED) is 0.687. The Hall–Kier alpha value is -0.960. The molecule has 2 nitrogen and oxygen atoms in total. The van der Waals surface area contributed by atoms with Gasteiger partial charge in [-0.3, -0.25) is 0 Å². The molecule has 0 aromatic carbocycles. The third kappa shape index (κ3) is 1.38. The van der Waals surface area contributed by atoms with Crippen molar-refractivity contribution in [3.05, 3.63) is 16.8 Å². The van der Waals surface area contributed by atoms with Crippen LogP contribution in [0, 0.1) is 12.0 Å². The highest BCUT2D eigenvalue weighted by Crippen LogP contribution is 2.36. The topological polar surface area (TPSA) is 18.5 Å². The second kappa shape index (κ2) is 3.44. The van der Waals surface area contributed by atoms with E-state index in [1.54, 1.807) is 14.2 Å². The smallest absolute Gasteiger partial charge is 0.181 e. The summed E-state index contributed by atoms with van der Waals surface area (Å²) in [6.07, 6.45) is 1.47. The molecule has 0 bridgehead atoms. The van der Waals surface area contributed by atoms with Crippen molar-refractivity contribution in [1.29, 1.82) is 0 Å². The molecule has 0 spiro atoms. The van der Waals surface area contributed by atoms with Crippen LogP contribution in [0.4, 0.5) is 0 Å². The third-order valence-electron chi connectivity index (χ3n) is 1.24. The third-order valence-corrected chi connectivity index (χ3v) is 2.07. The van der Waals surface area contributed by atoms with Gasteiger partial charge in [0.1, 0.15) is 0 Å². The molecule has 0 amide bonds. The van der Waals surface area contributed by atoms with Crippen LogP contribution >= 0.6 is 11.3 Å². The van der Waals surface area contributed by atoms with Crippen LogP contribution in [-0.2, 0) is 0 Å². The lowest BCUT2D eigenvalue weighted by atomic mass is 10.4. The van der Waals surface area contributed by atoms with Crippen molar-refractivity contribution in [2.45, 2.75) is 0 Å². The van der Waals surface area contributed by atoms with E-state index in [-0.39, 0.29) is 0 Å². The van der Waals surface area contributed by atoms with Gasteiger partial charge in [0, 0.05) is 0 Å². The van der Waals surface area contributed by atoms with Gasteiger partial charge in [0.05, 0.1) is 24.5 Å². The minimum Gasteiger partial charge on any atom is -0.491 e. The number of hydrogen-bond acceptors (Lipinski definition) is 3. The van der Waals surface area contributed by atoms with Crippen molar-refractivity contribution in [3.63, 3.8) is 0 Å². The Balaban J connectivity index is 3.08. The van der Waals surface area contributed by atoms with E-state index in [2.05, 4.69) is 5.38 Å². The lowest BCUT2D eigenvalue weighted by Gasteiger charge is -2.00. The molecule has 0 fully saturated rings. The maximum absolute atomic E-state index is 5.32. The average molecular weight is 168 g/mol. The van der Waals surface area contributed by atoms with Gasteiger partial charge in [-0.05, 0) is 6.08 Å². The zero-order valence-corrected chi connectivity index (χ0v) is 7.20. The van der Waals surface area contributed by atoms with Gasteiger partial charge < -0.3 is 9.47 Å². The number of rotatable bonds is 3. The van der Waals surface area contributed by atoms with E-state index in [9.17, 15) is 0 Å². The Labute approximate surface area is 70.1 Å². The van der Waals surface area contributed by atoms with E-state index >= 15 is 0 Å². The van der Waals surface area contributed by atoms with Gasteiger partial charge in [-0.1, -0.05) is 6.58 Å². The van der Waals surface area contributed by atoms with E-state index in [0.717, 1.165) is 4.88 Å². The maximum Gasteiger partial charge on any atom is 0.181 e. The molecule has 1 aromatic heterocycles. The zero-order valence-electron chi connectivity index (χ0n) is 6.38. The first kappa shape index (κ1) is 8.14. The van der Waals surface area contributed by atoms with Crippen molar-refractivity contribution in [2.24, 2.45) is 0 Å². The van der Waals surface area contributed by atoms with E-state index in [1.807, 2.05) is 0 Å². The van der Waals surface area contributed by atoms with Crippen molar-refractivity contribution in [3.8, 4) is 11.5 Å². The monoisotopic (exact) mass is 168 g/mol. The van der Waals surface area contributed by atoms with Crippen molar-refractivity contribution in [2.75, 3.05) is 14.2 Å². The number of methoxy groups -OCH3 is 2. The Bertz CT molecular complexity index is 253. The normalized spacial score (nSPS) is 9.27. The second-order valence-corrected chi connectivity index (χ2v) is 2.65. The Morgan fingerprint density at radius 3 is 2.64 bits per heavy atom.